The molecule has 0 saturated heterocycles. The summed E-state index contributed by atoms with van der Waals surface area (Å²) in [6.07, 6.45) is 3.24. The summed E-state index contributed by atoms with van der Waals surface area (Å²) >= 11 is 0. The van der Waals surface area contributed by atoms with Crippen molar-refractivity contribution in [1.29, 1.82) is 0 Å². The van der Waals surface area contributed by atoms with E-state index in [4.69, 9.17) is 4.74 Å². The molecule has 0 fully saturated rings. The lowest BCUT2D eigenvalue weighted by atomic mass is 10.2. The van der Waals surface area contributed by atoms with Crippen LogP contribution in [0.1, 0.15) is 11.1 Å². The molecule has 2 aromatic heterocycles. The number of H-pyrrole nitrogens is 1. The minimum absolute atomic E-state index is 0.0467. The summed E-state index contributed by atoms with van der Waals surface area (Å²) in [5, 5.41) is 12.5. The van der Waals surface area contributed by atoms with Gasteiger partial charge in [0.25, 0.3) is 0 Å². The zero-order chi connectivity index (χ0) is 14.7. The highest BCUT2D eigenvalue weighted by molar-refractivity contribution is 5.87. The van der Waals surface area contributed by atoms with Gasteiger partial charge in [0.05, 0.1) is 19.2 Å². The summed E-state index contributed by atoms with van der Waals surface area (Å²) in [4.78, 5) is 11.5. The average Bonchev–Trinajstić information content (AvgIpc) is 2.97. The van der Waals surface area contributed by atoms with E-state index in [9.17, 15) is 5.11 Å². The molecule has 108 valence electrons. The van der Waals surface area contributed by atoms with Crippen molar-refractivity contribution in [2.75, 3.05) is 12.4 Å². The fourth-order valence-corrected chi connectivity index (χ4v) is 2.18. The number of aromatic nitrogens is 3. The summed E-state index contributed by atoms with van der Waals surface area (Å²) < 4.78 is 5.14. The third kappa shape index (κ3) is 2.66. The predicted molar refractivity (Wildman–Crippen MR) is 80.1 cm³/mol. The molecule has 2 heterocycles. The van der Waals surface area contributed by atoms with Gasteiger partial charge in [0.15, 0.2) is 5.82 Å². The molecule has 0 unspecified atom stereocenters. The Bertz CT molecular complexity index is 737. The smallest absolute Gasteiger partial charge is 0.154 e. The summed E-state index contributed by atoms with van der Waals surface area (Å²) in [5.41, 5.74) is 3.43. The van der Waals surface area contributed by atoms with Gasteiger partial charge in [-0.25, -0.2) is 9.97 Å². The minimum atomic E-state index is -0.0467. The molecule has 0 amide bonds. The Labute approximate surface area is 121 Å². The SMILES string of the molecule is COc1ccc(CNc2ncnc3c(CO)c[nH]c23)cc1. The van der Waals surface area contributed by atoms with Gasteiger partial charge in [-0.15, -0.1) is 0 Å². The van der Waals surface area contributed by atoms with Crippen LogP contribution in [0.2, 0.25) is 0 Å². The minimum Gasteiger partial charge on any atom is -0.497 e. The molecule has 3 aromatic rings. The van der Waals surface area contributed by atoms with Crippen molar-refractivity contribution in [3.63, 3.8) is 0 Å². The van der Waals surface area contributed by atoms with E-state index in [1.165, 1.54) is 6.33 Å². The van der Waals surface area contributed by atoms with Crippen LogP contribution in [0.25, 0.3) is 11.0 Å². The fourth-order valence-electron chi connectivity index (χ4n) is 2.18. The van der Waals surface area contributed by atoms with Crippen molar-refractivity contribution in [2.24, 2.45) is 0 Å². The van der Waals surface area contributed by atoms with Crippen molar-refractivity contribution < 1.29 is 9.84 Å². The van der Waals surface area contributed by atoms with E-state index in [1.807, 2.05) is 24.3 Å². The van der Waals surface area contributed by atoms with Crippen molar-refractivity contribution >= 4 is 16.9 Å². The number of rotatable bonds is 5. The van der Waals surface area contributed by atoms with Crippen LogP contribution < -0.4 is 10.1 Å². The first-order valence-corrected chi connectivity index (χ1v) is 6.60. The monoisotopic (exact) mass is 284 g/mol. The quantitative estimate of drug-likeness (QED) is 0.668. The molecule has 0 bridgehead atoms. The molecular formula is C15H16N4O2. The maximum atomic E-state index is 9.26. The zero-order valence-electron chi connectivity index (χ0n) is 11.6. The molecule has 1 aromatic carbocycles. The first-order chi connectivity index (χ1) is 10.3. The van der Waals surface area contributed by atoms with E-state index >= 15 is 0 Å². The molecule has 0 radical (unpaired) electrons. The van der Waals surface area contributed by atoms with Crippen LogP contribution in [0, 0.1) is 0 Å². The number of aliphatic hydroxyl groups excluding tert-OH is 1. The number of anilines is 1. The van der Waals surface area contributed by atoms with Crippen molar-refractivity contribution in [3.8, 4) is 5.75 Å². The van der Waals surface area contributed by atoms with Crippen LogP contribution in [0.4, 0.5) is 5.82 Å². The first kappa shape index (κ1) is 13.4. The Balaban J connectivity index is 1.79. The number of aliphatic hydroxyl groups is 1. The number of nitrogens with one attached hydrogen (secondary N) is 2. The zero-order valence-corrected chi connectivity index (χ0v) is 11.6. The summed E-state index contributed by atoms with van der Waals surface area (Å²) in [7, 11) is 1.65. The average molecular weight is 284 g/mol. The van der Waals surface area contributed by atoms with Crippen LogP contribution in [0.3, 0.4) is 0 Å². The molecule has 0 atom stereocenters. The van der Waals surface area contributed by atoms with Gasteiger partial charge in [0.2, 0.25) is 0 Å². The van der Waals surface area contributed by atoms with Crippen LogP contribution in [0.15, 0.2) is 36.8 Å². The highest BCUT2D eigenvalue weighted by Crippen LogP contribution is 2.22. The molecule has 0 aliphatic heterocycles. The van der Waals surface area contributed by atoms with Crippen molar-refractivity contribution in [3.05, 3.63) is 47.9 Å². The molecule has 0 aliphatic carbocycles. The third-order valence-electron chi connectivity index (χ3n) is 3.33. The lowest BCUT2D eigenvalue weighted by Gasteiger charge is -2.07. The largest absolute Gasteiger partial charge is 0.497 e. The lowest BCUT2D eigenvalue weighted by Crippen LogP contribution is -2.02. The molecule has 0 spiro atoms. The van der Waals surface area contributed by atoms with Crippen molar-refractivity contribution in [1.82, 2.24) is 15.0 Å². The van der Waals surface area contributed by atoms with Gasteiger partial charge in [-0.05, 0) is 17.7 Å². The number of methoxy groups -OCH3 is 1. The van der Waals surface area contributed by atoms with Gasteiger partial charge in [-0.1, -0.05) is 12.1 Å². The van der Waals surface area contributed by atoms with Crippen LogP contribution in [0.5, 0.6) is 5.75 Å². The number of fused-ring (bicyclic) bond motifs is 1. The summed E-state index contributed by atoms with van der Waals surface area (Å²) in [6.45, 7) is 0.596. The Morgan fingerprint density at radius 3 is 2.76 bits per heavy atom. The lowest BCUT2D eigenvalue weighted by molar-refractivity contribution is 0.283. The molecule has 3 rings (SSSR count). The molecule has 6 nitrogen and oxygen atoms in total. The maximum absolute atomic E-state index is 9.26. The fraction of sp³-hybridized carbons (Fsp3) is 0.200. The maximum Gasteiger partial charge on any atom is 0.154 e. The highest BCUT2D eigenvalue weighted by Gasteiger charge is 2.09. The van der Waals surface area contributed by atoms with Crippen LogP contribution >= 0.6 is 0 Å². The van der Waals surface area contributed by atoms with E-state index in [-0.39, 0.29) is 6.61 Å². The van der Waals surface area contributed by atoms with Gasteiger partial charge in [-0.2, -0.15) is 0 Å². The number of aromatic amines is 1. The van der Waals surface area contributed by atoms with Gasteiger partial charge < -0.3 is 20.1 Å². The molecule has 3 N–H and O–H groups in total. The second kappa shape index (κ2) is 5.80. The summed E-state index contributed by atoms with van der Waals surface area (Å²) in [5.74, 6) is 1.55. The standard InChI is InChI=1S/C15H16N4O2/c1-21-12-4-2-10(3-5-12)6-17-15-14-13(18-9-19-15)11(8-20)7-16-14/h2-5,7,9,16,20H,6,8H2,1H3,(H,17,18,19). The van der Waals surface area contributed by atoms with E-state index < -0.39 is 0 Å². The van der Waals surface area contributed by atoms with Crippen LogP contribution in [-0.2, 0) is 13.2 Å². The first-order valence-electron chi connectivity index (χ1n) is 6.60. The van der Waals surface area contributed by atoms with Gasteiger partial charge in [-0.3, -0.25) is 0 Å². The number of benzene rings is 1. The van der Waals surface area contributed by atoms with Gasteiger partial charge in [0, 0.05) is 18.3 Å². The highest BCUT2D eigenvalue weighted by atomic mass is 16.5. The molecule has 0 saturated carbocycles. The second-order valence-corrected chi connectivity index (χ2v) is 4.62. The Morgan fingerprint density at radius 1 is 1.24 bits per heavy atom. The van der Waals surface area contributed by atoms with E-state index in [2.05, 4.69) is 20.3 Å². The topological polar surface area (TPSA) is 83.1 Å². The Kier molecular flexibility index (Phi) is 3.70. The summed E-state index contributed by atoms with van der Waals surface area (Å²) in [6, 6.07) is 7.84. The molecule has 21 heavy (non-hydrogen) atoms. The number of ether oxygens (including phenoxy) is 1. The normalized spacial score (nSPS) is 10.8. The molecular weight excluding hydrogens is 268 g/mol. The van der Waals surface area contributed by atoms with E-state index in [0.717, 1.165) is 33.7 Å². The predicted octanol–water partition coefficient (Wildman–Crippen LogP) is 2.07. The molecule has 6 heteroatoms. The Hall–Kier alpha value is -2.60. The number of hydrogen-bond acceptors (Lipinski definition) is 5. The van der Waals surface area contributed by atoms with Gasteiger partial charge in [0.1, 0.15) is 17.6 Å². The van der Waals surface area contributed by atoms with Crippen molar-refractivity contribution in [2.45, 2.75) is 13.2 Å². The number of nitrogens with zero attached hydrogens (tertiary/aromatic N) is 2. The molecule has 0 aliphatic rings. The van der Waals surface area contributed by atoms with E-state index in [0.29, 0.717) is 6.54 Å². The third-order valence-corrected chi connectivity index (χ3v) is 3.33. The second-order valence-electron chi connectivity index (χ2n) is 4.62. The van der Waals surface area contributed by atoms with E-state index in [1.54, 1.807) is 13.3 Å². The Morgan fingerprint density at radius 2 is 2.05 bits per heavy atom. The van der Waals surface area contributed by atoms with Gasteiger partial charge >= 0.3 is 0 Å². The van der Waals surface area contributed by atoms with Crippen LogP contribution in [-0.4, -0.2) is 27.2 Å². The number of hydrogen-bond donors (Lipinski definition) is 3.